The third-order valence-electron chi connectivity index (χ3n) is 1.09. The summed E-state index contributed by atoms with van der Waals surface area (Å²) in [5.41, 5.74) is 0.338. The van der Waals surface area contributed by atoms with Crippen molar-refractivity contribution in [3.05, 3.63) is 35.9 Å². The maximum Gasteiger partial charge on any atom is 0.379 e. The van der Waals surface area contributed by atoms with Gasteiger partial charge in [0, 0.05) is 0 Å². The molecular formula is C8H7F3O3. The van der Waals surface area contributed by atoms with E-state index in [9.17, 15) is 18.0 Å². The third-order valence-corrected chi connectivity index (χ3v) is 1.09. The van der Waals surface area contributed by atoms with E-state index in [2.05, 4.69) is 4.89 Å². The van der Waals surface area contributed by atoms with Gasteiger partial charge in [0.05, 0.1) is 5.56 Å². The van der Waals surface area contributed by atoms with E-state index in [1.807, 2.05) is 0 Å². The second-order valence-electron chi connectivity index (χ2n) is 1.99. The van der Waals surface area contributed by atoms with Crippen LogP contribution < -0.4 is 0 Å². The molecule has 78 valence electrons. The zero-order valence-corrected chi connectivity index (χ0v) is 6.86. The lowest BCUT2D eigenvalue weighted by Crippen LogP contribution is -2.00. The van der Waals surface area contributed by atoms with Gasteiger partial charge in [0.25, 0.3) is 0 Å². The van der Waals surface area contributed by atoms with Crippen molar-refractivity contribution < 1.29 is 28.1 Å². The molecule has 1 aromatic carbocycles. The topological polar surface area (TPSA) is 46.5 Å². The molecule has 3 nitrogen and oxygen atoms in total. The van der Waals surface area contributed by atoms with Crippen LogP contribution in [0.15, 0.2) is 30.3 Å². The standard InChI is InChI=1S/C7H6O3.CHF3/c8-7(10-9)6-4-2-1-3-5-6;2-1(3)4/h1-5,9H;1H. The Labute approximate surface area is 77.7 Å². The molecule has 0 heterocycles. The minimum absolute atomic E-state index is 0.338. The first-order chi connectivity index (χ1) is 6.57. The number of benzene rings is 1. The average molecular weight is 208 g/mol. The van der Waals surface area contributed by atoms with E-state index < -0.39 is 12.6 Å². The van der Waals surface area contributed by atoms with Crippen molar-refractivity contribution in [1.29, 1.82) is 0 Å². The Kier molecular flexibility index (Phi) is 6.13. The number of halogens is 3. The van der Waals surface area contributed by atoms with Crippen LogP contribution in [0.2, 0.25) is 0 Å². The van der Waals surface area contributed by atoms with Gasteiger partial charge in [-0.1, -0.05) is 18.2 Å². The molecule has 0 radical (unpaired) electrons. The van der Waals surface area contributed by atoms with Crippen LogP contribution in [0.4, 0.5) is 13.2 Å². The molecule has 0 fully saturated rings. The fourth-order valence-electron chi connectivity index (χ4n) is 0.627. The zero-order valence-electron chi connectivity index (χ0n) is 6.86. The normalized spacial score (nSPS) is 8.93. The van der Waals surface area contributed by atoms with Crippen molar-refractivity contribution in [2.75, 3.05) is 0 Å². The van der Waals surface area contributed by atoms with Crippen molar-refractivity contribution in [2.45, 2.75) is 6.68 Å². The average Bonchev–Trinajstić information content (AvgIpc) is 2.17. The quantitative estimate of drug-likeness (QED) is 0.569. The molecule has 0 aliphatic rings. The third kappa shape index (κ3) is 6.01. The van der Waals surface area contributed by atoms with Crippen LogP contribution >= 0.6 is 0 Å². The fourth-order valence-corrected chi connectivity index (χ4v) is 0.627. The highest BCUT2D eigenvalue weighted by Gasteiger charge is 2.02. The van der Waals surface area contributed by atoms with E-state index in [-0.39, 0.29) is 0 Å². The fraction of sp³-hybridized carbons (Fsp3) is 0.125. The minimum Gasteiger partial charge on any atom is -0.296 e. The van der Waals surface area contributed by atoms with Gasteiger partial charge in [-0.25, -0.2) is 4.79 Å². The minimum atomic E-state index is -3.67. The predicted molar refractivity (Wildman–Crippen MR) is 41.6 cm³/mol. The molecule has 0 unspecified atom stereocenters. The molecule has 1 rings (SSSR count). The maximum atomic E-state index is 10.5. The Balaban J connectivity index is 0.000000364. The van der Waals surface area contributed by atoms with Gasteiger partial charge in [0.2, 0.25) is 0 Å². The molecule has 0 aromatic heterocycles. The number of carbonyl (C=O) groups excluding carboxylic acids is 1. The van der Waals surface area contributed by atoms with Gasteiger partial charge in [-0.05, 0) is 12.1 Å². The predicted octanol–water partition coefficient (Wildman–Crippen LogP) is 2.49. The summed E-state index contributed by atoms with van der Waals surface area (Å²) in [5, 5.41) is 7.94. The van der Waals surface area contributed by atoms with E-state index in [1.165, 1.54) is 0 Å². The smallest absolute Gasteiger partial charge is 0.296 e. The summed E-state index contributed by atoms with van der Waals surface area (Å²) in [6.07, 6.45) is 0. The van der Waals surface area contributed by atoms with Gasteiger partial charge >= 0.3 is 12.6 Å². The van der Waals surface area contributed by atoms with Crippen molar-refractivity contribution in [1.82, 2.24) is 0 Å². The molecule has 0 saturated carbocycles. The molecule has 0 saturated heterocycles. The van der Waals surface area contributed by atoms with E-state index >= 15 is 0 Å². The number of carbonyl (C=O) groups is 1. The Hall–Kier alpha value is -1.56. The Bertz CT molecular complexity index is 261. The van der Waals surface area contributed by atoms with E-state index in [1.54, 1.807) is 30.3 Å². The summed E-state index contributed by atoms with van der Waals surface area (Å²) in [6, 6.07) is 8.25. The molecule has 14 heavy (non-hydrogen) atoms. The lowest BCUT2D eigenvalue weighted by molar-refractivity contribution is -0.182. The van der Waals surface area contributed by atoms with Gasteiger partial charge in [-0.2, -0.15) is 18.4 Å². The van der Waals surface area contributed by atoms with Crippen LogP contribution in [0, 0.1) is 0 Å². The highest BCUT2D eigenvalue weighted by atomic mass is 19.4. The van der Waals surface area contributed by atoms with Crippen molar-refractivity contribution in [3.8, 4) is 0 Å². The highest BCUT2D eigenvalue weighted by Crippen LogP contribution is 1.98. The van der Waals surface area contributed by atoms with Crippen molar-refractivity contribution in [3.63, 3.8) is 0 Å². The van der Waals surface area contributed by atoms with Gasteiger partial charge in [-0.3, -0.25) is 4.89 Å². The molecule has 0 amide bonds. The van der Waals surface area contributed by atoms with E-state index in [0.717, 1.165) is 0 Å². The van der Waals surface area contributed by atoms with Gasteiger partial charge in [-0.15, -0.1) is 0 Å². The first kappa shape index (κ1) is 12.4. The highest BCUT2D eigenvalue weighted by molar-refractivity contribution is 5.88. The monoisotopic (exact) mass is 208 g/mol. The van der Waals surface area contributed by atoms with Crippen LogP contribution in [0.5, 0.6) is 0 Å². The van der Waals surface area contributed by atoms with Gasteiger partial charge in [0.1, 0.15) is 0 Å². The molecule has 0 aliphatic carbocycles. The van der Waals surface area contributed by atoms with Crippen LogP contribution in [-0.2, 0) is 4.89 Å². The first-order valence-corrected chi connectivity index (χ1v) is 3.41. The summed E-state index contributed by atoms with van der Waals surface area (Å²) in [4.78, 5) is 14.0. The second kappa shape index (κ2) is 6.90. The van der Waals surface area contributed by atoms with E-state index in [0.29, 0.717) is 5.56 Å². The SMILES string of the molecule is FC(F)F.O=C(OO)c1ccccc1. The molecular weight excluding hydrogens is 201 g/mol. The molecule has 0 spiro atoms. The molecule has 0 atom stereocenters. The maximum absolute atomic E-state index is 10.5. The largest absolute Gasteiger partial charge is 0.379 e. The second-order valence-corrected chi connectivity index (χ2v) is 1.99. The van der Waals surface area contributed by atoms with E-state index in [4.69, 9.17) is 5.26 Å². The summed E-state index contributed by atoms with van der Waals surface area (Å²) in [6.45, 7) is -3.67. The molecule has 1 N–H and O–H groups in total. The molecule has 0 aliphatic heterocycles. The van der Waals surface area contributed by atoms with Crippen LogP contribution in [0.3, 0.4) is 0 Å². The summed E-state index contributed by atoms with van der Waals surface area (Å²) < 4.78 is 29.0. The summed E-state index contributed by atoms with van der Waals surface area (Å²) in [5.74, 6) is -0.736. The van der Waals surface area contributed by atoms with Crippen LogP contribution in [-0.4, -0.2) is 17.9 Å². The zero-order chi connectivity index (χ0) is 11.0. The lowest BCUT2D eigenvalue weighted by Gasteiger charge is -1.92. The first-order valence-electron chi connectivity index (χ1n) is 3.41. The van der Waals surface area contributed by atoms with Crippen LogP contribution in [0.1, 0.15) is 10.4 Å². The molecule has 6 heteroatoms. The number of rotatable bonds is 1. The molecule has 0 bridgehead atoms. The Morgan fingerprint density at radius 3 is 2.00 bits per heavy atom. The lowest BCUT2D eigenvalue weighted by atomic mass is 10.2. The van der Waals surface area contributed by atoms with Gasteiger partial charge in [0.15, 0.2) is 0 Å². The van der Waals surface area contributed by atoms with Crippen molar-refractivity contribution >= 4 is 5.97 Å². The number of hydrogen-bond acceptors (Lipinski definition) is 3. The van der Waals surface area contributed by atoms with Crippen LogP contribution in [0.25, 0.3) is 0 Å². The molecule has 1 aromatic rings. The van der Waals surface area contributed by atoms with Gasteiger partial charge < -0.3 is 0 Å². The van der Waals surface area contributed by atoms with Crippen molar-refractivity contribution in [2.24, 2.45) is 0 Å². The summed E-state index contributed by atoms with van der Waals surface area (Å²) in [7, 11) is 0. The number of alkyl halides is 3. The summed E-state index contributed by atoms with van der Waals surface area (Å²) >= 11 is 0. The number of hydrogen-bond donors (Lipinski definition) is 1. The Morgan fingerprint density at radius 2 is 1.64 bits per heavy atom. The Morgan fingerprint density at radius 1 is 1.21 bits per heavy atom.